The summed E-state index contributed by atoms with van der Waals surface area (Å²) in [5, 5.41) is 11.8. The third kappa shape index (κ3) is 3.84. The molecule has 2 heterocycles. The fourth-order valence-corrected chi connectivity index (χ4v) is 3.34. The van der Waals surface area contributed by atoms with E-state index in [0.29, 0.717) is 6.54 Å². The molecule has 0 atom stereocenters. The molecule has 1 aromatic heterocycles. The molecule has 9 heteroatoms. The number of hydrogen-bond acceptors (Lipinski definition) is 7. The van der Waals surface area contributed by atoms with Crippen LogP contribution >= 0.6 is 0 Å². The van der Waals surface area contributed by atoms with Gasteiger partial charge in [-0.05, 0) is 23.6 Å². The summed E-state index contributed by atoms with van der Waals surface area (Å²) in [4.78, 5) is 33.3. The van der Waals surface area contributed by atoms with Gasteiger partial charge in [0, 0.05) is 12.2 Å². The SMILES string of the molecule is O=C(Cc1ccccc1)NNc1ncnc(N2CCc3ccccc32)c1[N+](=O)[O-]. The van der Waals surface area contributed by atoms with Gasteiger partial charge >= 0.3 is 5.69 Å². The van der Waals surface area contributed by atoms with Crippen LogP contribution in [-0.2, 0) is 17.6 Å². The topological polar surface area (TPSA) is 113 Å². The van der Waals surface area contributed by atoms with Crippen molar-refractivity contribution in [3.63, 3.8) is 0 Å². The van der Waals surface area contributed by atoms with E-state index in [1.54, 1.807) is 4.90 Å². The van der Waals surface area contributed by atoms with Crippen LogP contribution in [0, 0.1) is 10.1 Å². The number of hydrogen-bond donors (Lipinski definition) is 2. The number of nitrogens with zero attached hydrogens (tertiary/aromatic N) is 4. The van der Waals surface area contributed by atoms with E-state index in [-0.39, 0.29) is 29.7 Å². The Kier molecular flexibility index (Phi) is 5.02. The molecule has 4 rings (SSSR count). The molecule has 9 nitrogen and oxygen atoms in total. The van der Waals surface area contributed by atoms with Gasteiger partial charge in [0.25, 0.3) is 0 Å². The smallest absolute Gasteiger partial charge is 0.320 e. The second-order valence-electron chi connectivity index (χ2n) is 6.52. The highest BCUT2D eigenvalue weighted by atomic mass is 16.6. The standard InChI is InChI=1S/C20H18N6O3/c27-17(12-14-6-2-1-3-7-14)23-24-19-18(26(28)29)20(22-13-21-19)25-11-10-15-8-4-5-9-16(15)25/h1-9,13H,10-12H2,(H,23,27)(H,21,22,24). The molecule has 0 spiro atoms. The van der Waals surface area contributed by atoms with Gasteiger partial charge in [-0.3, -0.25) is 25.8 Å². The Morgan fingerprint density at radius 2 is 1.86 bits per heavy atom. The first kappa shape index (κ1) is 18.4. The zero-order valence-electron chi connectivity index (χ0n) is 15.4. The molecule has 1 amide bonds. The zero-order chi connectivity index (χ0) is 20.2. The Bertz CT molecular complexity index is 1060. The lowest BCUT2D eigenvalue weighted by Crippen LogP contribution is -2.32. The number of carbonyl (C=O) groups is 1. The number of hydrazine groups is 1. The normalized spacial score (nSPS) is 12.3. The van der Waals surface area contributed by atoms with Crippen LogP contribution in [-0.4, -0.2) is 27.3 Å². The molecule has 1 aliphatic rings. The van der Waals surface area contributed by atoms with E-state index in [1.165, 1.54) is 6.33 Å². The molecule has 3 aromatic rings. The third-order valence-electron chi connectivity index (χ3n) is 4.66. The summed E-state index contributed by atoms with van der Waals surface area (Å²) >= 11 is 0. The van der Waals surface area contributed by atoms with E-state index in [1.807, 2.05) is 54.6 Å². The van der Waals surface area contributed by atoms with Gasteiger partial charge in [-0.1, -0.05) is 48.5 Å². The molecule has 0 fully saturated rings. The maximum Gasteiger partial charge on any atom is 0.355 e. The van der Waals surface area contributed by atoms with E-state index in [0.717, 1.165) is 23.2 Å². The summed E-state index contributed by atoms with van der Waals surface area (Å²) in [6.07, 6.45) is 2.15. The Balaban J connectivity index is 1.56. The number of nitro groups is 1. The van der Waals surface area contributed by atoms with E-state index >= 15 is 0 Å². The largest absolute Gasteiger partial charge is 0.355 e. The van der Waals surface area contributed by atoms with Crippen molar-refractivity contribution in [2.45, 2.75) is 12.8 Å². The lowest BCUT2D eigenvalue weighted by atomic mass is 10.1. The Labute approximate surface area is 166 Å². The van der Waals surface area contributed by atoms with Gasteiger partial charge in [-0.15, -0.1) is 0 Å². The van der Waals surface area contributed by atoms with Crippen LogP contribution < -0.4 is 15.8 Å². The molecular weight excluding hydrogens is 372 g/mol. The molecular formula is C20H18N6O3. The first-order valence-corrected chi connectivity index (χ1v) is 9.07. The number of para-hydroxylation sites is 1. The van der Waals surface area contributed by atoms with Crippen LogP contribution in [0.15, 0.2) is 60.9 Å². The van der Waals surface area contributed by atoms with Crippen molar-refractivity contribution in [1.29, 1.82) is 0 Å². The maximum atomic E-state index is 12.2. The first-order chi connectivity index (χ1) is 14.1. The zero-order valence-corrected chi connectivity index (χ0v) is 15.4. The van der Waals surface area contributed by atoms with Crippen LogP contribution in [0.5, 0.6) is 0 Å². The summed E-state index contributed by atoms with van der Waals surface area (Å²) in [5.41, 5.74) is 7.59. The van der Waals surface area contributed by atoms with Crippen molar-refractivity contribution in [3.05, 3.63) is 82.2 Å². The predicted octanol–water partition coefficient (Wildman–Crippen LogP) is 2.76. The van der Waals surface area contributed by atoms with Crippen molar-refractivity contribution in [1.82, 2.24) is 15.4 Å². The minimum absolute atomic E-state index is 0.0641. The van der Waals surface area contributed by atoms with Crippen molar-refractivity contribution in [2.75, 3.05) is 16.9 Å². The van der Waals surface area contributed by atoms with Crippen molar-refractivity contribution >= 4 is 28.9 Å². The summed E-state index contributed by atoms with van der Waals surface area (Å²) in [6, 6.07) is 16.9. The molecule has 0 radical (unpaired) electrons. The Morgan fingerprint density at radius 3 is 2.66 bits per heavy atom. The van der Waals surface area contributed by atoms with Gasteiger partial charge in [0.2, 0.25) is 17.5 Å². The fraction of sp³-hybridized carbons (Fsp3) is 0.150. The summed E-state index contributed by atoms with van der Waals surface area (Å²) in [6.45, 7) is 0.580. The van der Waals surface area contributed by atoms with Crippen LogP contribution in [0.25, 0.3) is 0 Å². The molecule has 0 saturated heterocycles. The van der Waals surface area contributed by atoms with Crippen LogP contribution in [0.4, 0.5) is 23.0 Å². The van der Waals surface area contributed by atoms with Crippen molar-refractivity contribution < 1.29 is 9.72 Å². The quantitative estimate of drug-likeness (QED) is 0.491. The molecule has 1 aliphatic heterocycles. The van der Waals surface area contributed by atoms with Crippen LogP contribution in [0.3, 0.4) is 0 Å². The van der Waals surface area contributed by atoms with E-state index in [4.69, 9.17) is 0 Å². The molecule has 0 unspecified atom stereocenters. The monoisotopic (exact) mass is 390 g/mol. The van der Waals surface area contributed by atoms with Crippen LogP contribution in [0.2, 0.25) is 0 Å². The summed E-state index contributed by atoms with van der Waals surface area (Å²) in [5.74, 6) is -0.210. The second-order valence-corrected chi connectivity index (χ2v) is 6.52. The van der Waals surface area contributed by atoms with E-state index in [9.17, 15) is 14.9 Å². The minimum Gasteiger partial charge on any atom is -0.320 e. The number of benzene rings is 2. The highest BCUT2D eigenvalue weighted by Crippen LogP contribution is 2.39. The molecule has 29 heavy (non-hydrogen) atoms. The van der Waals surface area contributed by atoms with Gasteiger partial charge in [-0.25, -0.2) is 9.97 Å². The summed E-state index contributed by atoms with van der Waals surface area (Å²) < 4.78 is 0. The highest BCUT2D eigenvalue weighted by Gasteiger charge is 2.31. The summed E-state index contributed by atoms with van der Waals surface area (Å²) in [7, 11) is 0. The molecule has 0 aliphatic carbocycles. The number of fused-ring (bicyclic) bond motifs is 1. The van der Waals surface area contributed by atoms with Gasteiger partial charge in [0.05, 0.1) is 11.3 Å². The number of amides is 1. The molecule has 146 valence electrons. The molecule has 0 saturated carbocycles. The number of carbonyl (C=O) groups excluding carboxylic acids is 1. The number of aromatic nitrogens is 2. The van der Waals surface area contributed by atoms with Gasteiger partial charge < -0.3 is 4.90 Å². The number of anilines is 3. The van der Waals surface area contributed by atoms with Crippen molar-refractivity contribution in [2.24, 2.45) is 0 Å². The van der Waals surface area contributed by atoms with E-state index in [2.05, 4.69) is 20.8 Å². The lowest BCUT2D eigenvalue weighted by Gasteiger charge is -2.19. The highest BCUT2D eigenvalue weighted by molar-refractivity contribution is 5.82. The number of nitrogens with one attached hydrogen (secondary N) is 2. The third-order valence-corrected chi connectivity index (χ3v) is 4.66. The average Bonchev–Trinajstić information content (AvgIpc) is 3.16. The van der Waals surface area contributed by atoms with Crippen molar-refractivity contribution in [3.8, 4) is 0 Å². The van der Waals surface area contributed by atoms with Gasteiger partial charge in [-0.2, -0.15) is 0 Å². The number of rotatable bonds is 6. The Hall–Kier alpha value is -4.01. The lowest BCUT2D eigenvalue weighted by molar-refractivity contribution is -0.383. The first-order valence-electron chi connectivity index (χ1n) is 9.07. The fourth-order valence-electron chi connectivity index (χ4n) is 3.34. The molecule has 2 aromatic carbocycles. The Morgan fingerprint density at radius 1 is 1.10 bits per heavy atom. The molecule has 0 bridgehead atoms. The minimum atomic E-state index is -0.540. The molecule has 2 N–H and O–H groups in total. The maximum absolute atomic E-state index is 12.2. The van der Waals surface area contributed by atoms with Crippen LogP contribution in [0.1, 0.15) is 11.1 Å². The second kappa shape index (κ2) is 7.93. The van der Waals surface area contributed by atoms with E-state index < -0.39 is 4.92 Å². The predicted molar refractivity (Wildman–Crippen MR) is 108 cm³/mol. The van der Waals surface area contributed by atoms with Gasteiger partial charge in [0.1, 0.15) is 6.33 Å². The average molecular weight is 390 g/mol. The van der Waals surface area contributed by atoms with Gasteiger partial charge in [0.15, 0.2) is 0 Å².